The van der Waals surface area contributed by atoms with Gasteiger partial charge in [0.1, 0.15) is 5.25 Å². The summed E-state index contributed by atoms with van der Waals surface area (Å²) in [4.78, 5) is 44.0. The summed E-state index contributed by atoms with van der Waals surface area (Å²) in [6.07, 6.45) is 1.56. The summed E-state index contributed by atoms with van der Waals surface area (Å²) in [6.45, 7) is 3.50. The maximum absolute atomic E-state index is 13.2. The smallest absolute Gasteiger partial charge is 0.251 e. The van der Waals surface area contributed by atoms with E-state index in [4.69, 9.17) is 0 Å². The molecular formula is C23H23N3O3S. The van der Waals surface area contributed by atoms with Crippen LogP contribution >= 0.6 is 11.8 Å². The van der Waals surface area contributed by atoms with Crippen LogP contribution in [0.2, 0.25) is 0 Å². The predicted octanol–water partition coefficient (Wildman–Crippen LogP) is 4.40. The second-order valence-corrected chi connectivity index (χ2v) is 7.92. The normalized spacial score (nSPS) is 11.7. The number of anilines is 1. The van der Waals surface area contributed by atoms with Crippen LogP contribution in [0.25, 0.3) is 0 Å². The van der Waals surface area contributed by atoms with Crippen molar-refractivity contribution in [3.8, 4) is 0 Å². The number of amides is 1. The van der Waals surface area contributed by atoms with Crippen molar-refractivity contribution in [1.29, 1.82) is 0 Å². The Bertz CT molecular complexity index is 1100. The van der Waals surface area contributed by atoms with Crippen LogP contribution in [-0.2, 0) is 11.2 Å². The number of carbonyl (C=O) groups is 2. The van der Waals surface area contributed by atoms with E-state index in [1.807, 2.05) is 37.3 Å². The van der Waals surface area contributed by atoms with Gasteiger partial charge in [-0.05, 0) is 31.0 Å². The number of aryl methyl sites for hydroxylation is 1. The Morgan fingerprint density at radius 1 is 1.10 bits per heavy atom. The number of aromatic amines is 1. The van der Waals surface area contributed by atoms with E-state index >= 15 is 0 Å². The molecule has 0 aliphatic rings. The van der Waals surface area contributed by atoms with E-state index in [9.17, 15) is 14.4 Å². The lowest BCUT2D eigenvalue weighted by atomic mass is 10.1. The Labute approximate surface area is 179 Å². The molecule has 30 heavy (non-hydrogen) atoms. The summed E-state index contributed by atoms with van der Waals surface area (Å²) >= 11 is 1.19. The molecule has 0 radical (unpaired) electrons. The summed E-state index contributed by atoms with van der Waals surface area (Å²) in [6, 6.07) is 17.6. The number of rotatable bonds is 8. The molecule has 3 aromatic rings. The Hall–Kier alpha value is -3.19. The standard InChI is InChI=1S/C23H23N3O3S/c1-3-8-18-14-20(28)26-23(25-18)30-21(16-9-5-4-6-10-16)22(29)24-19-12-7-11-17(13-19)15(2)27/h4-7,9-14,21H,3,8H2,1-2H3,(H,24,29)(H,25,26,28)/t21-/m0/s1. The van der Waals surface area contributed by atoms with E-state index in [1.54, 1.807) is 24.3 Å². The molecule has 6 nitrogen and oxygen atoms in total. The van der Waals surface area contributed by atoms with E-state index in [0.29, 0.717) is 28.5 Å². The number of hydrogen-bond donors (Lipinski definition) is 2. The lowest BCUT2D eigenvalue weighted by molar-refractivity contribution is -0.115. The Balaban J connectivity index is 1.90. The molecule has 0 bridgehead atoms. The number of nitrogens with zero attached hydrogens (tertiary/aromatic N) is 1. The summed E-state index contributed by atoms with van der Waals surface area (Å²) in [5.41, 5.74) is 2.30. The van der Waals surface area contributed by atoms with Gasteiger partial charge < -0.3 is 10.3 Å². The van der Waals surface area contributed by atoms with Crippen molar-refractivity contribution in [2.75, 3.05) is 5.32 Å². The molecule has 0 saturated heterocycles. The largest absolute Gasteiger partial charge is 0.325 e. The predicted molar refractivity (Wildman–Crippen MR) is 119 cm³/mol. The minimum Gasteiger partial charge on any atom is -0.325 e. The van der Waals surface area contributed by atoms with Crippen molar-refractivity contribution in [2.45, 2.75) is 37.1 Å². The zero-order valence-corrected chi connectivity index (χ0v) is 17.7. The van der Waals surface area contributed by atoms with Gasteiger partial charge >= 0.3 is 0 Å². The number of Topliss-reactive ketones (excluding diaryl/α,β-unsaturated/α-hetero) is 1. The molecule has 0 fully saturated rings. The molecule has 2 N–H and O–H groups in total. The molecule has 0 saturated carbocycles. The van der Waals surface area contributed by atoms with Crippen LogP contribution in [0.4, 0.5) is 5.69 Å². The van der Waals surface area contributed by atoms with Crippen molar-refractivity contribution in [1.82, 2.24) is 9.97 Å². The van der Waals surface area contributed by atoms with Crippen LogP contribution < -0.4 is 10.9 Å². The second kappa shape index (κ2) is 10.0. The van der Waals surface area contributed by atoms with Gasteiger partial charge in [0.15, 0.2) is 10.9 Å². The number of hydrogen-bond acceptors (Lipinski definition) is 5. The average Bonchev–Trinajstić information content (AvgIpc) is 2.72. The third-order valence-electron chi connectivity index (χ3n) is 4.39. The Kier molecular flexibility index (Phi) is 7.19. The van der Waals surface area contributed by atoms with Gasteiger partial charge in [-0.1, -0.05) is 67.6 Å². The third-order valence-corrected chi connectivity index (χ3v) is 5.52. The number of aromatic nitrogens is 2. The minimum atomic E-state index is -0.632. The second-order valence-electron chi connectivity index (χ2n) is 6.83. The fourth-order valence-corrected chi connectivity index (χ4v) is 3.97. The van der Waals surface area contributed by atoms with Crippen LogP contribution in [-0.4, -0.2) is 21.7 Å². The van der Waals surface area contributed by atoms with Crippen molar-refractivity contribution in [3.63, 3.8) is 0 Å². The highest BCUT2D eigenvalue weighted by atomic mass is 32.2. The molecule has 1 heterocycles. The monoisotopic (exact) mass is 421 g/mol. The van der Waals surface area contributed by atoms with Crippen molar-refractivity contribution in [3.05, 3.63) is 87.8 Å². The zero-order valence-electron chi connectivity index (χ0n) is 16.8. The first-order chi connectivity index (χ1) is 14.5. The van der Waals surface area contributed by atoms with Crippen LogP contribution in [0.5, 0.6) is 0 Å². The molecule has 7 heteroatoms. The maximum Gasteiger partial charge on any atom is 0.251 e. The van der Waals surface area contributed by atoms with Gasteiger partial charge in [0.25, 0.3) is 5.56 Å². The number of ketones is 1. The molecule has 1 atom stereocenters. The third kappa shape index (κ3) is 5.67. The summed E-state index contributed by atoms with van der Waals surface area (Å²) in [7, 11) is 0. The quantitative estimate of drug-likeness (QED) is 0.320. The lowest BCUT2D eigenvalue weighted by Gasteiger charge is -2.17. The van der Waals surface area contributed by atoms with Crippen LogP contribution in [0.1, 0.15) is 47.1 Å². The topological polar surface area (TPSA) is 91.9 Å². The highest BCUT2D eigenvalue weighted by Crippen LogP contribution is 2.34. The van der Waals surface area contributed by atoms with Gasteiger partial charge in [0.05, 0.1) is 0 Å². The van der Waals surface area contributed by atoms with Gasteiger partial charge in [-0.2, -0.15) is 0 Å². The SMILES string of the molecule is CCCc1cc(=O)[nH]c(S[C@H](C(=O)Nc2cccc(C(C)=O)c2)c2ccccc2)n1. The van der Waals surface area contributed by atoms with E-state index in [0.717, 1.165) is 12.0 Å². The molecule has 1 amide bonds. The molecule has 3 rings (SSSR count). The van der Waals surface area contributed by atoms with E-state index in [2.05, 4.69) is 15.3 Å². The summed E-state index contributed by atoms with van der Waals surface area (Å²) < 4.78 is 0. The fraction of sp³-hybridized carbons (Fsp3) is 0.217. The van der Waals surface area contributed by atoms with Gasteiger partial charge in [-0.3, -0.25) is 14.4 Å². The molecule has 0 unspecified atom stereocenters. The molecule has 2 aromatic carbocycles. The van der Waals surface area contributed by atoms with Crippen LogP contribution in [0, 0.1) is 0 Å². The number of benzene rings is 2. The van der Waals surface area contributed by atoms with Gasteiger partial charge in [-0.25, -0.2) is 4.98 Å². The van der Waals surface area contributed by atoms with Gasteiger partial charge in [0.2, 0.25) is 5.91 Å². The average molecular weight is 422 g/mol. The first-order valence-corrected chi connectivity index (χ1v) is 10.6. The van der Waals surface area contributed by atoms with Crippen molar-refractivity contribution >= 4 is 29.1 Å². The van der Waals surface area contributed by atoms with Crippen LogP contribution in [0.15, 0.2) is 70.6 Å². The van der Waals surface area contributed by atoms with E-state index in [1.165, 1.54) is 24.8 Å². The van der Waals surface area contributed by atoms with Crippen molar-refractivity contribution < 1.29 is 9.59 Å². The number of nitrogens with one attached hydrogen (secondary N) is 2. The van der Waals surface area contributed by atoms with E-state index in [-0.39, 0.29) is 17.2 Å². The number of H-pyrrole nitrogens is 1. The highest BCUT2D eigenvalue weighted by Gasteiger charge is 2.24. The van der Waals surface area contributed by atoms with Crippen molar-refractivity contribution in [2.24, 2.45) is 0 Å². The van der Waals surface area contributed by atoms with E-state index < -0.39 is 5.25 Å². The molecule has 0 spiro atoms. The Morgan fingerprint density at radius 3 is 2.57 bits per heavy atom. The molecule has 0 aliphatic carbocycles. The maximum atomic E-state index is 13.2. The number of thioether (sulfide) groups is 1. The Morgan fingerprint density at radius 2 is 1.87 bits per heavy atom. The molecular weight excluding hydrogens is 398 g/mol. The van der Waals surface area contributed by atoms with Gasteiger partial charge in [0, 0.05) is 23.0 Å². The molecule has 154 valence electrons. The highest BCUT2D eigenvalue weighted by molar-refractivity contribution is 8.00. The summed E-state index contributed by atoms with van der Waals surface area (Å²) in [5.74, 6) is -0.343. The number of carbonyl (C=O) groups excluding carboxylic acids is 2. The van der Waals surface area contributed by atoms with Gasteiger partial charge in [-0.15, -0.1) is 0 Å². The zero-order chi connectivity index (χ0) is 21.5. The lowest BCUT2D eigenvalue weighted by Crippen LogP contribution is -2.20. The summed E-state index contributed by atoms with van der Waals surface area (Å²) in [5, 5.41) is 2.64. The fourth-order valence-electron chi connectivity index (χ4n) is 2.96. The van der Waals surface area contributed by atoms with Crippen LogP contribution in [0.3, 0.4) is 0 Å². The molecule has 1 aromatic heterocycles. The molecule has 0 aliphatic heterocycles. The minimum absolute atomic E-state index is 0.0744. The first-order valence-electron chi connectivity index (χ1n) is 9.70. The first kappa shape index (κ1) is 21.5.